The van der Waals surface area contributed by atoms with Crippen LogP contribution in [0.3, 0.4) is 0 Å². The molecule has 4 rings (SSSR count). The molecule has 0 amide bonds. The van der Waals surface area contributed by atoms with Crippen molar-refractivity contribution in [2.75, 3.05) is 18.0 Å². The predicted octanol–water partition coefficient (Wildman–Crippen LogP) is 3.20. The highest BCUT2D eigenvalue weighted by atomic mass is 32.1. The van der Waals surface area contributed by atoms with Crippen molar-refractivity contribution in [3.8, 4) is 0 Å². The van der Waals surface area contributed by atoms with E-state index in [0.717, 1.165) is 53.6 Å². The first kappa shape index (κ1) is 14.7. The second-order valence-corrected chi connectivity index (χ2v) is 6.99. The number of aromatic amines is 1. The Morgan fingerprint density at radius 2 is 2.30 bits per heavy atom. The molecule has 6 heteroatoms. The van der Waals surface area contributed by atoms with Gasteiger partial charge in [-0.05, 0) is 31.4 Å². The van der Waals surface area contributed by atoms with E-state index < -0.39 is 0 Å². The number of benzene rings is 1. The minimum atomic E-state index is 0.0105. The number of rotatable bonds is 3. The highest BCUT2D eigenvalue weighted by molar-refractivity contribution is 7.13. The summed E-state index contributed by atoms with van der Waals surface area (Å²) >= 11 is 1.61. The van der Waals surface area contributed by atoms with E-state index in [1.807, 2.05) is 5.38 Å². The molecule has 0 saturated carbocycles. The Balaban J connectivity index is 1.59. The van der Waals surface area contributed by atoms with Gasteiger partial charge in [0.2, 0.25) is 0 Å². The van der Waals surface area contributed by atoms with Crippen LogP contribution in [0.25, 0.3) is 11.0 Å². The van der Waals surface area contributed by atoms with Crippen molar-refractivity contribution in [3.05, 3.63) is 40.7 Å². The molecule has 2 N–H and O–H groups in total. The van der Waals surface area contributed by atoms with Crippen LogP contribution in [-0.4, -0.2) is 33.1 Å². The number of imidazole rings is 1. The van der Waals surface area contributed by atoms with E-state index in [1.165, 1.54) is 5.56 Å². The van der Waals surface area contributed by atoms with Crippen LogP contribution >= 0.6 is 11.3 Å². The quantitative estimate of drug-likeness (QED) is 0.775. The van der Waals surface area contributed by atoms with Crippen molar-refractivity contribution < 1.29 is 5.11 Å². The van der Waals surface area contributed by atoms with E-state index in [1.54, 1.807) is 11.3 Å². The molecule has 1 atom stereocenters. The Morgan fingerprint density at radius 1 is 1.39 bits per heavy atom. The first-order valence-corrected chi connectivity index (χ1v) is 8.88. The summed E-state index contributed by atoms with van der Waals surface area (Å²) in [7, 11) is 0. The number of thiazole rings is 1. The molecule has 0 aliphatic carbocycles. The number of hydrogen-bond acceptors (Lipinski definition) is 5. The van der Waals surface area contributed by atoms with E-state index in [4.69, 9.17) is 4.98 Å². The SMILES string of the molecule is Cc1cccc2[nH]c([C@@H]3CCCN(c4nc(CO)cs4)C3)nc12. The van der Waals surface area contributed by atoms with Gasteiger partial charge in [-0.3, -0.25) is 0 Å². The molecular weight excluding hydrogens is 308 g/mol. The number of para-hydroxylation sites is 1. The van der Waals surface area contributed by atoms with Crippen molar-refractivity contribution in [3.63, 3.8) is 0 Å². The number of piperidine rings is 1. The van der Waals surface area contributed by atoms with Gasteiger partial charge in [0.05, 0.1) is 23.3 Å². The minimum absolute atomic E-state index is 0.0105. The molecule has 120 valence electrons. The topological polar surface area (TPSA) is 65.0 Å². The Hall–Kier alpha value is -1.92. The van der Waals surface area contributed by atoms with Gasteiger partial charge < -0.3 is 15.0 Å². The number of nitrogens with zero attached hydrogens (tertiary/aromatic N) is 3. The van der Waals surface area contributed by atoms with Crippen molar-refractivity contribution in [2.24, 2.45) is 0 Å². The van der Waals surface area contributed by atoms with Crippen molar-refractivity contribution in [2.45, 2.75) is 32.3 Å². The van der Waals surface area contributed by atoms with Gasteiger partial charge in [-0.1, -0.05) is 12.1 Å². The second-order valence-electron chi connectivity index (χ2n) is 6.16. The van der Waals surface area contributed by atoms with Gasteiger partial charge in [0.1, 0.15) is 5.82 Å². The fraction of sp³-hybridized carbons (Fsp3) is 0.412. The monoisotopic (exact) mass is 328 g/mol. The molecule has 0 bridgehead atoms. The van der Waals surface area contributed by atoms with Crippen LogP contribution in [0.2, 0.25) is 0 Å². The standard InChI is InChI=1S/C17H20N4OS/c1-11-4-2-6-14-15(11)20-16(19-14)12-5-3-7-21(8-12)17-18-13(9-22)10-23-17/h2,4,6,10,12,22H,3,5,7-9H2,1H3,(H,19,20)/t12-/m1/s1. The van der Waals surface area contributed by atoms with Crippen LogP contribution in [0.15, 0.2) is 23.6 Å². The Kier molecular flexibility index (Phi) is 3.79. The maximum absolute atomic E-state index is 9.20. The zero-order valence-corrected chi connectivity index (χ0v) is 13.9. The molecule has 1 saturated heterocycles. The first-order valence-electron chi connectivity index (χ1n) is 8.00. The summed E-state index contributed by atoms with van der Waals surface area (Å²) in [4.78, 5) is 15.2. The van der Waals surface area contributed by atoms with Gasteiger partial charge in [-0.2, -0.15) is 0 Å². The average molecular weight is 328 g/mol. The summed E-state index contributed by atoms with van der Waals surface area (Å²) in [5.41, 5.74) is 4.17. The Bertz CT molecular complexity index is 825. The molecule has 3 aromatic rings. The third-order valence-electron chi connectivity index (χ3n) is 4.51. The third kappa shape index (κ3) is 2.72. The highest BCUT2D eigenvalue weighted by Crippen LogP contribution is 2.31. The number of nitrogens with one attached hydrogen (secondary N) is 1. The van der Waals surface area contributed by atoms with Gasteiger partial charge in [0, 0.05) is 24.4 Å². The second kappa shape index (κ2) is 5.94. The molecule has 1 aliphatic heterocycles. The highest BCUT2D eigenvalue weighted by Gasteiger charge is 2.25. The molecule has 23 heavy (non-hydrogen) atoms. The van der Waals surface area contributed by atoms with E-state index in [0.29, 0.717) is 5.92 Å². The molecule has 2 aromatic heterocycles. The summed E-state index contributed by atoms with van der Waals surface area (Å²) in [5, 5.41) is 12.1. The zero-order valence-electron chi connectivity index (χ0n) is 13.1. The van der Waals surface area contributed by atoms with E-state index >= 15 is 0 Å². The van der Waals surface area contributed by atoms with Crippen molar-refractivity contribution in [1.82, 2.24) is 15.0 Å². The lowest BCUT2D eigenvalue weighted by Crippen LogP contribution is -2.34. The molecule has 0 unspecified atom stereocenters. The predicted molar refractivity (Wildman–Crippen MR) is 93.1 cm³/mol. The number of anilines is 1. The van der Waals surface area contributed by atoms with Crippen LogP contribution in [0.4, 0.5) is 5.13 Å². The maximum atomic E-state index is 9.20. The van der Waals surface area contributed by atoms with E-state index in [-0.39, 0.29) is 6.61 Å². The van der Waals surface area contributed by atoms with Crippen LogP contribution in [-0.2, 0) is 6.61 Å². The largest absolute Gasteiger partial charge is 0.390 e. The molecule has 1 aromatic carbocycles. The van der Waals surface area contributed by atoms with Crippen LogP contribution in [0.5, 0.6) is 0 Å². The Labute approximate surface area is 139 Å². The van der Waals surface area contributed by atoms with E-state index in [2.05, 4.69) is 40.0 Å². The summed E-state index contributed by atoms with van der Waals surface area (Å²) in [6.45, 7) is 4.06. The normalized spacial score (nSPS) is 18.7. The number of aliphatic hydroxyl groups excluding tert-OH is 1. The summed E-state index contributed by atoms with van der Waals surface area (Å²) in [5.74, 6) is 1.48. The van der Waals surface area contributed by atoms with Gasteiger partial charge in [0.25, 0.3) is 0 Å². The van der Waals surface area contributed by atoms with Gasteiger partial charge in [-0.25, -0.2) is 9.97 Å². The number of H-pyrrole nitrogens is 1. The lowest BCUT2D eigenvalue weighted by Gasteiger charge is -2.31. The van der Waals surface area contributed by atoms with Gasteiger partial charge in [-0.15, -0.1) is 11.3 Å². The van der Waals surface area contributed by atoms with E-state index in [9.17, 15) is 5.11 Å². The number of aryl methyl sites for hydroxylation is 1. The maximum Gasteiger partial charge on any atom is 0.185 e. The number of fused-ring (bicyclic) bond motifs is 1. The average Bonchev–Trinajstić information content (AvgIpc) is 3.22. The molecule has 0 spiro atoms. The van der Waals surface area contributed by atoms with Crippen LogP contribution in [0, 0.1) is 6.92 Å². The minimum Gasteiger partial charge on any atom is -0.390 e. The fourth-order valence-electron chi connectivity index (χ4n) is 3.28. The molecule has 0 radical (unpaired) electrons. The van der Waals surface area contributed by atoms with Crippen LogP contribution < -0.4 is 4.90 Å². The number of hydrogen-bond donors (Lipinski definition) is 2. The van der Waals surface area contributed by atoms with Crippen molar-refractivity contribution in [1.29, 1.82) is 0 Å². The lowest BCUT2D eigenvalue weighted by atomic mass is 9.98. The third-order valence-corrected chi connectivity index (χ3v) is 5.46. The fourth-order valence-corrected chi connectivity index (χ4v) is 4.13. The number of aromatic nitrogens is 3. The van der Waals surface area contributed by atoms with Crippen LogP contribution in [0.1, 0.15) is 35.8 Å². The smallest absolute Gasteiger partial charge is 0.185 e. The van der Waals surface area contributed by atoms with Crippen molar-refractivity contribution >= 4 is 27.5 Å². The summed E-state index contributed by atoms with van der Waals surface area (Å²) in [6, 6.07) is 6.26. The van der Waals surface area contributed by atoms with Gasteiger partial charge in [0.15, 0.2) is 5.13 Å². The van der Waals surface area contributed by atoms with Gasteiger partial charge >= 0.3 is 0 Å². The summed E-state index contributed by atoms with van der Waals surface area (Å²) in [6.07, 6.45) is 2.28. The molecule has 3 heterocycles. The zero-order chi connectivity index (χ0) is 15.8. The number of aliphatic hydroxyl groups is 1. The molecule has 1 aliphatic rings. The Morgan fingerprint density at radius 3 is 3.09 bits per heavy atom. The molecule has 1 fully saturated rings. The first-order chi connectivity index (χ1) is 11.2. The molecular formula is C17H20N4OS. The summed E-state index contributed by atoms with van der Waals surface area (Å²) < 4.78 is 0. The molecule has 5 nitrogen and oxygen atoms in total. The lowest BCUT2D eigenvalue weighted by molar-refractivity contribution is 0.277.